The number of aliphatic hydroxyl groups excluding tert-OH is 1. The molecule has 0 fully saturated rings. The maximum Gasteiger partial charge on any atom is 0.105 e. The van der Waals surface area contributed by atoms with Crippen molar-refractivity contribution >= 4 is 10.8 Å². The van der Waals surface area contributed by atoms with Gasteiger partial charge < -0.3 is 5.11 Å². The number of rotatable bonds is 0. The molecule has 4 rings (SSSR count). The molecule has 20 heavy (non-hydrogen) atoms. The predicted molar refractivity (Wildman–Crippen MR) is 82.0 cm³/mol. The Labute approximate surface area is 118 Å². The molecule has 1 N–H and O–H groups in total. The molecule has 0 amide bonds. The number of benzene rings is 3. The van der Waals surface area contributed by atoms with Crippen molar-refractivity contribution < 1.29 is 5.11 Å². The van der Waals surface area contributed by atoms with E-state index in [2.05, 4.69) is 49.4 Å². The third-order valence-electron chi connectivity index (χ3n) is 4.40. The second kappa shape index (κ2) is 4.19. The molecule has 3 aromatic rings. The van der Waals surface area contributed by atoms with E-state index in [0.29, 0.717) is 0 Å². The lowest BCUT2D eigenvalue weighted by Crippen LogP contribution is -2.15. The highest BCUT2D eigenvalue weighted by Crippen LogP contribution is 2.40. The monoisotopic (exact) mass is 260 g/mol. The normalized spacial score (nSPS) is 16.8. The fourth-order valence-electron chi connectivity index (χ4n) is 3.45. The Kier molecular flexibility index (Phi) is 2.45. The molecule has 1 aliphatic carbocycles. The molecule has 0 spiro atoms. The standard InChI is InChI=1S/C19H16O/c1-12-5-4-7-14-11-15-10-9-13-6-2-3-8-16(13)18(15)19(20)17(12)14/h2-10,19-20H,11H2,1H3. The van der Waals surface area contributed by atoms with E-state index in [-0.39, 0.29) is 0 Å². The van der Waals surface area contributed by atoms with Gasteiger partial charge in [0, 0.05) is 0 Å². The largest absolute Gasteiger partial charge is 0.384 e. The first-order valence-corrected chi connectivity index (χ1v) is 7.02. The molecule has 0 aliphatic heterocycles. The third-order valence-corrected chi connectivity index (χ3v) is 4.40. The van der Waals surface area contributed by atoms with Crippen LogP contribution in [-0.2, 0) is 6.42 Å². The van der Waals surface area contributed by atoms with Crippen molar-refractivity contribution in [1.29, 1.82) is 0 Å². The Morgan fingerprint density at radius 2 is 1.65 bits per heavy atom. The van der Waals surface area contributed by atoms with Gasteiger partial charge in [0.15, 0.2) is 0 Å². The first kappa shape index (κ1) is 11.7. The molecular weight excluding hydrogens is 244 g/mol. The van der Waals surface area contributed by atoms with Gasteiger partial charge in [-0.3, -0.25) is 0 Å². The SMILES string of the molecule is Cc1cccc2c1C(O)c1c(ccc3ccccc13)C2. The number of aliphatic hydroxyl groups is 1. The van der Waals surface area contributed by atoms with Crippen molar-refractivity contribution in [2.24, 2.45) is 0 Å². The zero-order valence-corrected chi connectivity index (χ0v) is 11.4. The summed E-state index contributed by atoms with van der Waals surface area (Å²) in [6.07, 6.45) is 0.398. The van der Waals surface area contributed by atoms with Crippen molar-refractivity contribution in [2.75, 3.05) is 0 Å². The molecule has 1 heteroatoms. The zero-order valence-electron chi connectivity index (χ0n) is 11.4. The Bertz CT molecular complexity index is 817. The van der Waals surface area contributed by atoms with Crippen LogP contribution in [0.5, 0.6) is 0 Å². The minimum atomic E-state index is -0.513. The lowest BCUT2D eigenvalue weighted by atomic mass is 9.80. The molecule has 3 aromatic carbocycles. The van der Waals surface area contributed by atoms with Crippen molar-refractivity contribution in [1.82, 2.24) is 0 Å². The summed E-state index contributed by atoms with van der Waals surface area (Å²) in [5.41, 5.74) is 5.85. The van der Waals surface area contributed by atoms with Crippen molar-refractivity contribution in [3.05, 3.63) is 82.4 Å². The Hall–Kier alpha value is -2.12. The van der Waals surface area contributed by atoms with Crippen LogP contribution in [0.25, 0.3) is 10.8 Å². The Morgan fingerprint density at radius 3 is 2.55 bits per heavy atom. The number of hydrogen-bond donors (Lipinski definition) is 1. The van der Waals surface area contributed by atoms with E-state index >= 15 is 0 Å². The van der Waals surface area contributed by atoms with E-state index in [9.17, 15) is 5.11 Å². The summed E-state index contributed by atoms with van der Waals surface area (Å²) in [5, 5.41) is 13.3. The average Bonchev–Trinajstić information content (AvgIpc) is 2.47. The summed E-state index contributed by atoms with van der Waals surface area (Å²) < 4.78 is 0. The van der Waals surface area contributed by atoms with Crippen LogP contribution in [0.15, 0.2) is 54.6 Å². The van der Waals surface area contributed by atoms with Gasteiger partial charge >= 0.3 is 0 Å². The maximum absolute atomic E-state index is 10.9. The van der Waals surface area contributed by atoms with Crippen LogP contribution in [0.3, 0.4) is 0 Å². The first-order valence-electron chi connectivity index (χ1n) is 7.02. The van der Waals surface area contributed by atoms with E-state index in [1.807, 2.05) is 12.1 Å². The van der Waals surface area contributed by atoms with E-state index in [1.54, 1.807) is 0 Å². The van der Waals surface area contributed by atoms with Crippen LogP contribution in [-0.4, -0.2) is 5.11 Å². The van der Waals surface area contributed by atoms with E-state index < -0.39 is 6.10 Å². The van der Waals surface area contributed by atoms with Gasteiger partial charge in [0.25, 0.3) is 0 Å². The van der Waals surface area contributed by atoms with E-state index in [4.69, 9.17) is 0 Å². The zero-order chi connectivity index (χ0) is 13.7. The molecule has 1 aliphatic rings. The van der Waals surface area contributed by atoms with E-state index in [1.165, 1.54) is 27.5 Å². The maximum atomic E-state index is 10.9. The fourth-order valence-corrected chi connectivity index (χ4v) is 3.45. The molecule has 0 saturated carbocycles. The molecule has 1 atom stereocenters. The lowest BCUT2D eigenvalue weighted by Gasteiger charge is -2.27. The molecule has 0 aromatic heterocycles. The summed E-state index contributed by atoms with van der Waals surface area (Å²) in [5.74, 6) is 0. The molecule has 1 unspecified atom stereocenters. The third kappa shape index (κ3) is 1.53. The van der Waals surface area contributed by atoms with Gasteiger partial charge in [-0.1, -0.05) is 54.6 Å². The highest BCUT2D eigenvalue weighted by molar-refractivity contribution is 5.88. The van der Waals surface area contributed by atoms with Gasteiger partial charge in [-0.15, -0.1) is 0 Å². The number of fused-ring (bicyclic) bond motifs is 4. The quantitative estimate of drug-likeness (QED) is 0.644. The van der Waals surface area contributed by atoms with Crippen molar-refractivity contribution in [3.8, 4) is 0 Å². The summed E-state index contributed by atoms with van der Waals surface area (Å²) in [6.45, 7) is 2.08. The number of aryl methyl sites for hydroxylation is 1. The Balaban J connectivity index is 2.05. The van der Waals surface area contributed by atoms with Crippen LogP contribution < -0.4 is 0 Å². The topological polar surface area (TPSA) is 20.2 Å². The molecule has 0 heterocycles. The van der Waals surface area contributed by atoms with Crippen LogP contribution >= 0.6 is 0 Å². The highest BCUT2D eigenvalue weighted by Gasteiger charge is 2.26. The second-order valence-electron chi connectivity index (χ2n) is 5.59. The predicted octanol–water partition coefficient (Wildman–Crippen LogP) is 4.13. The molecule has 0 bridgehead atoms. The van der Waals surface area contributed by atoms with Gasteiger partial charge in [0.2, 0.25) is 0 Å². The minimum Gasteiger partial charge on any atom is -0.384 e. The van der Waals surface area contributed by atoms with E-state index in [0.717, 1.165) is 17.5 Å². The van der Waals surface area contributed by atoms with Gasteiger partial charge in [0.1, 0.15) is 6.10 Å². The lowest BCUT2D eigenvalue weighted by molar-refractivity contribution is 0.216. The molecule has 0 radical (unpaired) electrons. The molecule has 0 saturated heterocycles. The Morgan fingerprint density at radius 1 is 0.850 bits per heavy atom. The van der Waals surface area contributed by atoms with Crippen LogP contribution in [0.1, 0.15) is 33.9 Å². The summed E-state index contributed by atoms with van der Waals surface area (Å²) in [4.78, 5) is 0. The minimum absolute atomic E-state index is 0.513. The summed E-state index contributed by atoms with van der Waals surface area (Å²) in [7, 11) is 0. The average molecular weight is 260 g/mol. The fraction of sp³-hybridized carbons (Fsp3) is 0.158. The van der Waals surface area contributed by atoms with Gasteiger partial charge in [-0.2, -0.15) is 0 Å². The van der Waals surface area contributed by atoms with Gasteiger partial charge in [0.05, 0.1) is 0 Å². The van der Waals surface area contributed by atoms with Crippen LogP contribution in [0.4, 0.5) is 0 Å². The molecule has 1 nitrogen and oxygen atoms in total. The van der Waals surface area contributed by atoms with Gasteiger partial charge in [-0.25, -0.2) is 0 Å². The summed E-state index contributed by atoms with van der Waals surface area (Å²) >= 11 is 0. The highest BCUT2D eigenvalue weighted by atomic mass is 16.3. The van der Waals surface area contributed by atoms with Crippen molar-refractivity contribution in [3.63, 3.8) is 0 Å². The molecule has 98 valence electrons. The second-order valence-corrected chi connectivity index (χ2v) is 5.59. The summed E-state index contributed by atoms with van der Waals surface area (Å²) in [6, 6.07) is 18.9. The van der Waals surface area contributed by atoms with Crippen LogP contribution in [0, 0.1) is 6.92 Å². The smallest absolute Gasteiger partial charge is 0.105 e. The first-order chi connectivity index (χ1) is 9.75. The van der Waals surface area contributed by atoms with Gasteiger partial charge in [-0.05, 0) is 51.9 Å². The van der Waals surface area contributed by atoms with Crippen molar-refractivity contribution in [2.45, 2.75) is 19.4 Å². The number of hydrogen-bond acceptors (Lipinski definition) is 1. The van der Waals surface area contributed by atoms with Crippen LogP contribution in [0.2, 0.25) is 0 Å². The molecular formula is C19H16O.